The van der Waals surface area contributed by atoms with E-state index in [4.69, 9.17) is 10.4 Å². The van der Waals surface area contributed by atoms with Gasteiger partial charge in [0.15, 0.2) is 0 Å². The van der Waals surface area contributed by atoms with Gasteiger partial charge < -0.3 is 15.7 Å². The maximum atomic E-state index is 11.8. The highest BCUT2D eigenvalue weighted by Crippen LogP contribution is 2.17. The molecule has 0 saturated heterocycles. The van der Waals surface area contributed by atoms with Crippen LogP contribution >= 0.6 is 0 Å². The Morgan fingerprint density at radius 2 is 1.95 bits per heavy atom. The summed E-state index contributed by atoms with van der Waals surface area (Å²) in [6.07, 6.45) is 1.09. The Labute approximate surface area is 123 Å². The van der Waals surface area contributed by atoms with Crippen LogP contribution in [0.2, 0.25) is 0 Å². The summed E-state index contributed by atoms with van der Waals surface area (Å²) in [6.45, 7) is 3.78. The first-order valence-corrected chi connectivity index (χ1v) is 6.40. The third kappa shape index (κ3) is 5.37. The second-order valence-electron chi connectivity index (χ2n) is 4.68. The lowest BCUT2D eigenvalue weighted by Gasteiger charge is -2.08. The van der Waals surface area contributed by atoms with Gasteiger partial charge in [0.25, 0.3) is 5.91 Å². The first-order chi connectivity index (χ1) is 9.93. The van der Waals surface area contributed by atoms with E-state index in [0.717, 1.165) is 11.8 Å². The predicted molar refractivity (Wildman–Crippen MR) is 78.5 cm³/mol. The Balaban J connectivity index is 2.70. The van der Waals surface area contributed by atoms with Gasteiger partial charge in [0.2, 0.25) is 0 Å². The number of hydrogen-bond acceptors (Lipinski definition) is 4. The van der Waals surface area contributed by atoms with Gasteiger partial charge >= 0.3 is 5.97 Å². The molecule has 1 rings (SSSR count). The van der Waals surface area contributed by atoms with Crippen molar-refractivity contribution in [3.63, 3.8) is 0 Å². The molecule has 1 aromatic carbocycles. The number of aliphatic carboxylic acids is 1. The van der Waals surface area contributed by atoms with Crippen molar-refractivity contribution in [1.82, 2.24) is 5.32 Å². The number of carboxylic acids is 1. The van der Waals surface area contributed by atoms with E-state index in [1.54, 1.807) is 18.2 Å². The van der Waals surface area contributed by atoms with Crippen LogP contribution in [-0.4, -0.2) is 23.5 Å². The van der Waals surface area contributed by atoms with Crippen LogP contribution in [0.25, 0.3) is 0 Å². The van der Waals surface area contributed by atoms with Crippen LogP contribution < -0.4 is 10.6 Å². The smallest absolute Gasteiger partial charge is 0.322 e. The van der Waals surface area contributed by atoms with E-state index in [9.17, 15) is 9.59 Å². The van der Waals surface area contributed by atoms with E-state index in [1.807, 2.05) is 12.1 Å². The summed E-state index contributed by atoms with van der Waals surface area (Å²) in [5.74, 6) is -1.27. The summed E-state index contributed by atoms with van der Waals surface area (Å²) >= 11 is 0. The monoisotopic (exact) mass is 287 g/mol. The standard InChI is InChI=1S/C15H17N3O3/c1-10(2)11-3-5-13(6-4-11)18-15(21)12(7-16)8-17-9-14(19)20/h3-6,8,10,17H,9H2,1-2H3,(H,18,21)(H,19,20)/b12-8-. The molecule has 0 saturated carbocycles. The van der Waals surface area contributed by atoms with Crippen LogP contribution in [0.4, 0.5) is 5.69 Å². The molecule has 0 radical (unpaired) electrons. The zero-order chi connectivity index (χ0) is 15.8. The Morgan fingerprint density at radius 3 is 2.43 bits per heavy atom. The van der Waals surface area contributed by atoms with Crippen LogP contribution in [0.15, 0.2) is 36.0 Å². The molecular formula is C15H17N3O3. The lowest BCUT2D eigenvalue weighted by molar-refractivity contribution is -0.135. The minimum atomic E-state index is -1.08. The van der Waals surface area contributed by atoms with Gasteiger partial charge in [-0.1, -0.05) is 26.0 Å². The molecule has 0 heterocycles. The number of hydrogen-bond donors (Lipinski definition) is 3. The van der Waals surface area contributed by atoms with Crippen molar-refractivity contribution >= 4 is 17.6 Å². The number of nitrogens with zero attached hydrogens (tertiary/aromatic N) is 1. The first-order valence-electron chi connectivity index (χ1n) is 6.40. The van der Waals surface area contributed by atoms with Crippen molar-refractivity contribution in [3.05, 3.63) is 41.6 Å². The Hall–Kier alpha value is -2.81. The molecule has 0 atom stereocenters. The molecule has 1 amide bonds. The summed E-state index contributed by atoms with van der Waals surface area (Å²) < 4.78 is 0. The van der Waals surface area contributed by atoms with Crippen LogP contribution in [0.5, 0.6) is 0 Å². The highest BCUT2D eigenvalue weighted by molar-refractivity contribution is 6.06. The lowest BCUT2D eigenvalue weighted by atomic mass is 10.0. The molecule has 0 aliphatic heterocycles. The molecular weight excluding hydrogens is 270 g/mol. The Kier molecular flexibility index (Phi) is 5.96. The van der Waals surface area contributed by atoms with Gasteiger partial charge in [0.1, 0.15) is 18.2 Å². The number of carboxylic acid groups (broad SMARTS) is 1. The van der Waals surface area contributed by atoms with E-state index in [-0.39, 0.29) is 12.1 Å². The average molecular weight is 287 g/mol. The summed E-state index contributed by atoms with van der Waals surface area (Å²) in [7, 11) is 0. The van der Waals surface area contributed by atoms with E-state index in [1.165, 1.54) is 0 Å². The fourth-order valence-corrected chi connectivity index (χ4v) is 1.54. The molecule has 0 fully saturated rings. The van der Waals surface area contributed by atoms with Crippen LogP contribution in [0.3, 0.4) is 0 Å². The van der Waals surface area contributed by atoms with Gasteiger partial charge in [-0.3, -0.25) is 9.59 Å². The summed E-state index contributed by atoms with van der Waals surface area (Å²) in [5.41, 5.74) is 1.53. The van der Waals surface area contributed by atoms with Gasteiger partial charge in [-0.15, -0.1) is 0 Å². The molecule has 0 aliphatic rings. The van der Waals surface area contributed by atoms with Crippen LogP contribution in [0, 0.1) is 11.3 Å². The molecule has 1 aromatic rings. The number of nitriles is 1. The fourth-order valence-electron chi connectivity index (χ4n) is 1.54. The maximum absolute atomic E-state index is 11.8. The van der Waals surface area contributed by atoms with Crippen molar-refractivity contribution in [3.8, 4) is 6.07 Å². The van der Waals surface area contributed by atoms with Crippen molar-refractivity contribution < 1.29 is 14.7 Å². The number of rotatable bonds is 6. The van der Waals surface area contributed by atoms with Gasteiger partial charge in [-0.25, -0.2) is 0 Å². The third-order valence-corrected chi connectivity index (χ3v) is 2.70. The minimum absolute atomic E-state index is 0.191. The predicted octanol–water partition coefficient (Wildman–Crippen LogP) is 1.83. The van der Waals surface area contributed by atoms with Crippen molar-refractivity contribution in [2.24, 2.45) is 0 Å². The fraction of sp³-hybridized carbons (Fsp3) is 0.267. The molecule has 110 valence electrons. The maximum Gasteiger partial charge on any atom is 0.322 e. The number of amides is 1. The van der Waals surface area contributed by atoms with Crippen LogP contribution in [-0.2, 0) is 9.59 Å². The minimum Gasteiger partial charge on any atom is -0.480 e. The normalized spacial score (nSPS) is 10.9. The van der Waals surface area contributed by atoms with Crippen molar-refractivity contribution in [1.29, 1.82) is 5.26 Å². The SMILES string of the molecule is CC(C)c1ccc(NC(=O)/C(C#N)=C\NCC(=O)O)cc1. The zero-order valence-electron chi connectivity index (χ0n) is 11.9. The Morgan fingerprint density at radius 1 is 1.33 bits per heavy atom. The first kappa shape index (κ1) is 16.2. The quantitative estimate of drug-likeness (QED) is 0.547. The van der Waals surface area contributed by atoms with E-state index >= 15 is 0 Å². The highest BCUT2D eigenvalue weighted by atomic mass is 16.4. The number of benzene rings is 1. The average Bonchev–Trinajstić information content (AvgIpc) is 2.43. The van der Waals surface area contributed by atoms with E-state index in [0.29, 0.717) is 11.6 Å². The largest absolute Gasteiger partial charge is 0.480 e. The third-order valence-electron chi connectivity index (χ3n) is 2.70. The van der Waals surface area contributed by atoms with Gasteiger partial charge in [-0.05, 0) is 23.6 Å². The van der Waals surface area contributed by atoms with Gasteiger partial charge in [-0.2, -0.15) is 5.26 Å². The van der Waals surface area contributed by atoms with Crippen LogP contribution in [0.1, 0.15) is 25.3 Å². The molecule has 6 heteroatoms. The molecule has 3 N–H and O–H groups in total. The number of anilines is 1. The summed E-state index contributed by atoms with van der Waals surface area (Å²) in [4.78, 5) is 22.2. The number of carbonyl (C=O) groups is 2. The molecule has 0 aromatic heterocycles. The van der Waals surface area contributed by atoms with Crippen molar-refractivity contribution in [2.45, 2.75) is 19.8 Å². The molecule has 0 bridgehead atoms. The molecule has 0 unspecified atom stereocenters. The second-order valence-corrected chi connectivity index (χ2v) is 4.68. The van der Waals surface area contributed by atoms with Gasteiger partial charge in [0.05, 0.1) is 0 Å². The molecule has 6 nitrogen and oxygen atoms in total. The highest BCUT2D eigenvalue weighted by Gasteiger charge is 2.09. The van der Waals surface area contributed by atoms with E-state index < -0.39 is 11.9 Å². The lowest BCUT2D eigenvalue weighted by Crippen LogP contribution is -2.20. The molecule has 0 spiro atoms. The Bertz CT molecular complexity index is 583. The second kappa shape index (κ2) is 7.70. The topological polar surface area (TPSA) is 102 Å². The summed E-state index contributed by atoms with van der Waals surface area (Å²) in [5, 5.41) is 22.3. The molecule has 21 heavy (non-hydrogen) atoms. The molecule has 0 aliphatic carbocycles. The van der Waals surface area contributed by atoms with Gasteiger partial charge in [0, 0.05) is 11.9 Å². The zero-order valence-corrected chi connectivity index (χ0v) is 11.9. The number of carbonyl (C=O) groups excluding carboxylic acids is 1. The van der Waals surface area contributed by atoms with Crippen molar-refractivity contribution in [2.75, 3.05) is 11.9 Å². The van der Waals surface area contributed by atoms with E-state index in [2.05, 4.69) is 24.5 Å². The summed E-state index contributed by atoms with van der Waals surface area (Å²) in [6, 6.07) is 9.04. The number of nitrogens with one attached hydrogen (secondary N) is 2.